The predicted octanol–water partition coefficient (Wildman–Crippen LogP) is 0.663. The van der Waals surface area contributed by atoms with Crippen LogP contribution in [-0.2, 0) is 6.54 Å². The lowest BCUT2D eigenvalue weighted by molar-refractivity contribution is 0.168. The summed E-state index contributed by atoms with van der Waals surface area (Å²) in [4.78, 5) is 0. The van der Waals surface area contributed by atoms with Gasteiger partial charge >= 0.3 is 0 Å². The summed E-state index contributed by atoms with van der Waals surface area (Å²) in [5.41, 5.74) is 0.998. The van der Waals surface area contributed by atoms with Crippen LogP contribution in [0.5, 0.6) is 11.5 Å². The third-order valence-corrected chi connectivity index (χ3v) is 3.28. The monoisotopic (exact) mass is 317 g/mol. The van der Waals surface area contributed by atoms with E-state index >= 15 is 0 Å². The molecule has 0 bridgehead atoms. The third kappa shape index (κ3) is 3.14. The van der Waals surface area contributed by atoms with Gasteiger partial charge in [-0.15, -0.1) is 0 Å². The number of hydrogen-bond donors (Lipinski definition) is 3. The van der Waals surface area contributed by atoms with Crippen molar-refractivity contribution in [1.29, 1.82) is 0 Å². The first-order valence-corrected chi connectivity index (χ1v) is 6.57. The second kappa shape index (κ2) is 6.38. The van der Waals surface area contributed by atoms with Crippen LogP contribution in [0.25, 0.3) is 0 Å². The van der Waals surface area contributed by atoms with E-state index in [1.165, 1.54) is 0 Å². The highest BCUT2D eigenvalue weighted by atomic mass is 79.9. The highest BCUT2D eigenvalue weighted by molar-refractivity contribution is 9.10. The van der Waals surface area contributed by atoms with Crippen LogP contribution in [0.4, 0.5) is 0 Å². The number of ether oxygens (including phenoxy) is 2. The van der Waals surface area contributed by atoms with Crippen LogP contribution in [0, 0.1) is 0 Å². The van der Waals surface area contributed by atoms with Gasteiger partial charge in [0.2, 0.25) is 0 Å². The molecule has 0 amide bonds. The zero-order chi connectivity index (χ0) is 13.0. The van der Waals surface area contributed by atoms with Crippen molar-refractivity contribution in [3.63, 3.8) is 0 Å². The Balaban J connectivity index is 2.07. The van der Waals surface area contributed by atoms with Crippen molar-refractivity contribution < 1.29 is 19.7 Å². The Morgan fingerprint density at radius 2 is 1.94 bits per heavy atom. The maximum atomic E-state index is 8.97. The van der Waals surface area contributed by atoms with Gasteiger partial charge in [-0.05, 0) is 33.6 Å². The van der Waals surface area contributed by atoms with Crippen LogP contribution in [-0.4, -0.2) is 42.7 Å². The smallest absolute Gasteiger partial charge is 0.175 e. The lowest BCUT2D eigenvalue weighted by atomic mass is 10.2. The first-order valence-electron chi connectivity index (χ1n) is 5.77. The Kier molecular flexibility index (Phi) is 4.82. The molecular weight excluding hydrogens is 302 g/mol. The molecule has 1 aliphatic heterocycles. The summed E-state index contributed by atoms with van der Waals surface area (Å²) in [5.74, 6) is 1.45. The number of aliphatic hydroxyl groups excluding tert-OH is 2. The Morgan fingerprint density at radius 1 is 1.22 bits per heavy atom. The highest BCUT2D eigenvalue weighted by Gasteiger charge is 2.16. The fourth-order valence-corrected chi connectivity index (χ4v) is 2.32. The van der Waals surface area contributed by atoms with Crippen LogP contribution in [0.15, 0.2) is 16.6 Å². The number of aliphatic hydroxyl groups is 2. The molecule has 0 spiro atoms. The van der Waals surface area contributed by atoms with Gasteiger partial charge in [-0.1, -0.05) is 0 Å². The van der Waals surface area contributed by atoms with Crippen LogP contribution < -0.4 is 14.8 Å². The van der Waals surface area contributed by atoms with Crippen molar-refractivity contribution in [2.45, 2.75) is 12.6 Å². The minimum absolute atomic E-state index is 0.0950. The molecule has 18 heavy (non-hydrogen) atoms. The topological polar surface area (TPSA) is 71.0 Å². The molecule has 100 valence electrons. The van der Waals surface area contributed by atoms with Gasteiger partial charge in [0.15, 0.2) is 11.5 Å². The van der Waals surface area contributed by atoms with E-state index in [4.69, 9.17) is 19.7 Å². The molecule has 0 saturated carbocycles. The van der Waals surface area contributed by atoms with E-state index in [1.807, 2.05) is 12.1 Å². The molecule has 0 aliphatic carbocycles. The molecule has 0 unspecified atom stereocenters. The van der Waals surface area contributed by atoms with E-state index < -0.39 is 0 Å². The summed E-state index contributed by atoms with van der Waals surface area (Å²) >= 11 is 3.44. The zero-order valence-corrected chi connectivity index (χ0v) is 11.4. The van der Waals surface area contributed by atoms with E-state index in [1.54, 1.807) is 0 Å². The summed E-state index contributed by atoms with van der Waals surface area (Å²) in [6.07, 6.45) is 0. The van der Waals surface area contributed by atoms with Gasteiger partial charge in [0.05, 0.1) is 23.7 Å². The second-order valence-electron chi connectivity index (χ2n) is 4.04. The molecule has 3 N–H and O–H groups in total. The van der Waals surface area contributed by atoms with E-state index in [-0.39, 0.29) is 19.3 Å². The van der Waals surface area contributed by atoms with E-state index in [2.05, 4.69) is 21.2 Å². The summed E-state index contributed by atoms with van der Waals surface area (Å²) < 4.78 is 11.9. The second-order valence-corrected chi connectivity index (χ2v) is 4.90. The standard InChI is InChI=1S/C12H16BrNO4/c13-10-3-8(5-14-9(6-15)7-16)4-11-12(10)18-2-1-17-11/h3-4,9,14-16H,1-2,5-7H2. The maximum absolute atomic E-state index is 8.97. The quantitative estimate of drug-likeness (QED) is 0.744. The van der Waals surface area contributed by atoms with Gasteiger partial charge in [-0.3, -0.25) is 0 Å². The number of hydrogen-bond acceptors (Lipinski definition) is 5. The van der Waals surface area contributed by atoms with E-state index in [9.17, 15) is 0 Å². The molecule has 0 fully saturated rings. The van der Waals surface area contributed by atoms with Crippen LogP contribution in [0.1, 0.15) is 5.56 Å². The van der Waals surface area contributed by atoms with Gasteiger partial charge in [0.1, 0.15) is 13.2 Å². The average Bonchev–Trinajstić information content (AvgIpc) is 2.40. The number of rotatable bonds is 5. The normalized spacial score (nSPS) is 14.0. The zero-order valence-electron chi connectivity index (χ0n) is 9.86. The summed E-state index contributed by atoms with van der Waals surface area (Å²) in [6, 6.07) is 3.53. The van der Waals surface area contributed by atoms with Crippen LogP contribution in [0.2, 0.25) is 0 Å². The lowest BCUT2D eigenvalue weighted by Crippen LogP contribution is -2.35. The number of benzene rings is 1. The SMILES string of the molecule is OCC(CO)NCc1cc(Br)c2c(c1)OCCO2. The van der Waals surface area contributed by atoms with E-state index in [0.29, 0.717) is 19.8 Å². The summed E-state index contributed by atoms with van der Waals surface area (Å²) in [7, 11) is 0. The molecule has 1 aliphatic rings. The van der Waals surface area contributed by atoms with Crippen molar-refractivity contribution in [2.75, 3.05) is 26.4 Å². The number of halogens is 1. The lowest BCUT2D eigenvalue weighted by Gasteiger charge is -2.21. The Bertz CT molecular complexity index is 409. The summed E-state index contributed by atoms with van der Waals surface area (Å²) in [5, 5.41) is 21.0. The Hall–Kier alpha value is -0.820. The van der Waals surface area contributed by atoms with Crippen molar-refractivity contribution in [1.82, 2.24) is 5.32 Å². The molecule has 0 radical (unpaired) electrons. The Morgan fingerprint density at radius 3 is 2.67 bits per heavy atom. The van der Waals surface area contributed by atoms with Gasteiger partial charge < -0.3 is 25.0 Å². The highest BCUT2D eigenvalue weighted by Crippen LogP contribution is 2.38. The maximum Gasteiger partial charge on any atom is 0.175 e. The molecule has 0 aromatic heterocycles. The molecule has 1 aromatic rings. The molecule has 0 saturated heterocycles. The predicted molar refractivity (Wildman–Crippen MR) is 69.9 cm³/mol. The fourth-order valence-electron chi connectivity index (χ4n) is 1.72. The largest absolute Gasteiger partial charge is 0.486 e. The van der Waals surface area contributed by atoms with Crippen molar-refractivity contribution in [3.05, 3.63) is 22.2 Å². The summed E-state index contributed by atoms with van der Waals surface area (Å²) in [6.45, 7) is 1.46. The average molecular weight is 318 g/mol. The minimum atomic E-state index is -0.308. The van der Waals surface area contributed by atoms with E-state index in [0.717, 1.165) is 21.5 Å². The fraction of sp³-hybridized carbons (Fsp3) is 0.500. The minimum Gasteiger partial charge on any atom is -0.486 e. The van der Waals surface area contributed by atoms with Crippen LogP contribution >= 0.6 is 15.9 Å². The first-order chi connectivity index (χ1) is 8.74. The third-order valence-electron chi connectivity index (χ3n) is 2.69. The number of fused-ring (bicyclic) bond motifs is 1. The van der Waals surface area contributed by atoms with Gasteiger partial charge in [-0.2, -0.15) is 0 Å². The molecule has 2 rings (SSSR count). The molecule has 6 heteroatoms. The van der Waals surface area contributed by atoms with Gasteiger partial charge in [0.25, 0.3) is 0 Å². The molecule has 0 atom stereocenters. The van der Waals surface area contributed by atoms with Crippen molar-refractivity contribution >= 4 is 15.9 Å². The first kappa shape index (κ1) is 13.6. The van der Waals surface area contributed by atoms with Gasteiger partial charge in [-0.25, -0.2) is 0 Å². The molecule has 5 nitrogen and oxygen atoms in total. The number of nitrogens with one attached hydrogen (secondary N) is 1. The molecular formula is C12H16BrNO4. The Labute approximate surface area is 114 Å². The van der Waals surface area contributed by atoms with Crippen LogP contribution in [0.3, 0.4) is 0 Å². The van der Waals surface area contributed by atoms with Crippen molar-refractivity contribution in [3.8, 4) is 11.5 Å². The van der Waals surface area contributed by atoms with Gasteiger partial charge in [0, 0.05) is 6.54 Å². The van der Waals surface area contributed by atoms with Crippen molar-refractivity contribution in [2.24, 2.45) is 0 Å². The molecule has 1 heterocycles. The molecule has 1 aromatic carbocycles.